The first kappa shape index (κ1) is 23.5. The summed E-state index contributed by atoms with van der Waals surface area (Å²) in [6, 6.07) is 0.654. The minimum atomic E-state index is -3.53. The number of sulfonamides is 1. The van der Waals surface area contributed by atoms with E-state index in [1.165, 1.54) is 6.92 Å². The van der Waals surface area contributed by atoms with Crippen molar-refractivity contribution in [2.45, 2.75) is 80.7 Å². The molecule has 0 aromatic heterocycles. The molecule has 0 aromatic rings. The van der Waals surface area contributed by atoms with Gasteiger partial charge in [-0.25, -0.2) is 8.42 Å². The third-order valence-electron chi connectivity index (χ3n) is 4.35. The third kappa shape index (κ3) is 6.89. The van der Waals surface area contributed by atoms with Crippen molar-refractivity contribution in [2.24, 2.45) is 0 Å². The first-order chi connectivity index (χ1) is 12.2. The first-order valence-electron chi connectivity index (χ1n) is 8.98. The number of esters is 1. The van der Waals surface area contributed by atoms with Gasteiger partial charge in [-0.05, 0) is 19.9 Å². The molecule has 0 bridgehead atoms. The smallest absolute Gasteiger partial charge is 0.303 e. The highest BCUT2D eigenvalue weighted by molar-refractivity contribution is 14.1. The molecular weight excluding hydrogens is 505 g/mol. The Labute approximate surface area is 176 Å². The van der Waals surface area contributed by atoms with Crippen molar-refractivity contribution < 1.29 is 32.2 Å². The van der Waals surface area contributed by atoms with Crippen LogP contribution in [0.5, 0.6) is 0 Å². The molecule has 2 aliphatic rings. The van der Waals surface area contributed by atoms with E-state index in [9.17, 15) is 13.2 Å². The summed E-state index contributed by atoms with van der Waals surface area (Å²) in [7, 11) is -5.03. The van der Waals surface area contributed by atoms with Crippen molar-refractivity contribution in [2.75, 3.05) is 12.4 Å². The van der Waals surface area contributed by atoms with Gasteiger partial charge in [-0.1, -0.05) is 42.2 Å². The molecule has 0 aromatic carbocycles. The number of fused-ring (bicyclic) bond motifs is 1. The normalized spacial score (nSPS) is 34.0. The Morgan fingerprint density at radius 3 is 2.52 bits per heavy atom. The summed E-state index contributed by atoms with van der Waals surface area (Å²) in [6.07, 6.45) is -2.52. The molecule has 0 spiro atoms. The number of hydrogen-bond acceptors (Lipinski definition) is 7. The van der Waals surface area contributed by atoms with Gasteiger partial charge in [0.25, 0.3) is 0 Å². The van der Waals surface area contributed by atoms with E-state index >= 15 is 0 Å². The summed E-state index contributed by atoms with van der Waals surface area (Å²) in [4.78, 5) is 11.6. The SMILES string of the molecule is CC(=O)O[C@@H]1[C@H](I)[C@H](NS(=O)(=O)CC[Si](C)(C)C)O[C@@H]2COC(C)(C)O[C@@H]12. The second kappa shape index (κ2) is 8.52. The van der Waals surface area contributed by atoms with E-state index in [1.807, 2.05) is 0 Å². The Morgan fingerprint density at radius 1 is 1.33 bits per heavy atom. The average molecular weight is 535 g/mol. The second-order valence-corrected chi connectivity index (χ2v) is 17.6. The molecule has 0 amide bonds. The van der Waals surface area contributed by atoms with Crippen LogP contribution in [0.25, 0.3) is 0 Å². The Bertz CT molecular complexity index is 652. The number of alkyl halides is 1. The van der Waals surface area contributed by atoms with Crippen LogP contribution < -0.4 is 4.72 Å². The quantitative estimate of drug-likeness (QED) is 0.240. The minimum Gasteiger partial charge on any atom is -0.458 e. The van der Waals surface area contributed by atoms with Gasteiger partial charge in [0.05, 0.1) is 16.3 Å². The molecule has 8 nitrogen and oxygen atoms in total. The lowest BCUT2D eigenvalue weighted by Gasteiger charge is -2.49. The molecule has 5 atom stereocenters. The zero-order valence-electron chi connectivity index (χ0n) is 16.7. The summed E-state index contributed by atoms with van der Waals surface area (Å²) >= 11 is 2.06. The van der Waals surface area contributed by atoms with E-state index in [4.69, 9.17) is 18.9 Å². The van der Waals surface area contributed by atoms with Gasteiger partial charge in [-0.3, -0.25) is 4.79 Å². The van der Waals surface area contributed by atoms with Crippen LogP contribution in [0.1, 0.15) is 20.8 Å². The largest absolute Gasteiger partial charge is 0.458 e. The van der Waals surface area contributed by atoms with Gasteiger partial charge >= 0.3 is 5.97 Å². The van der Waals surface area contributed by atoms with E-state index in [-0.39, 0.29) is 12.4 Å². The Kier molecular flexibility index (Phi) is 7.41. The molecule has 11 heteroatoms. The summed E-state index contributed by atoms with van der Waals surface area (Å²) < 4.78 is 50.3. The summed E-state index contributed by atoms with van der Waals surface area (Å²) in [5, 5.41) is 0. The molecular formula is C16H30INO7SSi. The summed E-state index contributed by atoms with van der Waals surface area (Å²) in [6.45, 7) is 11.5. The molecule has 158 valence electrons. The topological polar surface area (TPSA) is 100 Å². The number of hydrogen-bond donors (Lipinski definition) is 1. The highest BCUT2D eigenvalue weighted by Gasteiger charge is 2.52. The maximum atomic E-state index is 12.5. The number of rotatable bonds is 6. The summed E-state index contributed by atoms with van der Waals surface area (Å²) in [5.74, 6) is -1.23. The van der Waals surface area contributed by atoms with Gasteiger partial charge in [0, 0.05) is 15.0 Å². The summed E-state index contributed by atoms with van der Waals surface area (Å²) in [5.41, 5.74) is 0. The monoisotopic (exact) mass is 535 g/mol. The molecule has 2 heterocycles. The maximum Gasteiger partial charge on any atom is 0.303 e. The molecule has 1 N–H and O–H groups in total. The van der Waals surface area contributed by atoms with Gasteiger partial charge in [0.2, 0.25) is 10.0 Å². The molecule has 0 radical (unpaired) electrons. The van der Waals surface area contributed by atoms with E-state index < -0.39 is 58.3 Å². The molecule has 0 unspecified atom stereocenters. The third-order valence-corrected chi connectivity index (χ3v) is 9.16. The number of carbonyl (C=O) groups is 1. The fourth-order valence-electron chi connectivity index (χ4n) is 2.92. The zero-order valence-corrected chi connectivity index (χ0v) is 20.6. The van der Waals surface area contributed by atoms with Crippen molar-refractivity contribution in [1.29, 1.82) is 0 Å². The van der Waals surface area contributed by atoms with Crippen LogP contribution in [-0.4, -0.2) is 69.1 Å². The average Bonchev–Trinajstić information content (AvgIpc) is 2.49. The minimum absolute atomic E-state index is 0.0539. The lowest BCUT2D eigenvalue weighted by atomic mass is 9.99. The van der Waals surface area contributed by atoms with Crippen LogP contribution in [0, 0.1) is 0 Å². The van der Waals surface area contributed by atoms with E-state index in [0.717, 1.165) is 0 Å². The fraction of sp³-hybridized carbons (Fsp3) is 0.938. The maximum absolute atomic E-state index is 12.5. The van der Waals surface area contributed by atoms with Gasteiger partial charge in [0.15, 0.2) is 5.79 Å². The fourth-order valence-corrected chi connectivity index (χ4v) is 8.27. The molecule has 2 fully saturated rings. The van der Waals surface area contributed by atoms with Gasteiger partial charge in [0.1, 0.15) is 24.5 Å². The number of halogens is 1. The van der Waals surface area contributed by atoms with Crippen molar-refractivity contribution in [1.82, 2.24) is 4.72 Å². The van der Waals surface area contributed by atoms with Crippen LogP contribution in [0.2, 0.25) is 25.7 Å². The first-order valence-corrected chi connectivity index (χ1v) is 15.6. The number of carbonyl (C=O) groups excluding carboxylic acids is 1. The van der Waals surface area contributed by atoms with Crippen LogP contribution in [-0.2, 0) is 33.8 Å². The Morgan fingerprint density at radius 2 is 1.96 bits per heavy atom. The van der Waals surface area contributed by atoms with Crippen LogP contribution in [0.15, 0.2) is 0 Å². The van der Waals surface area contributed by atoms with E-state index in [1.54, 1.807) is 13.8 Å². The van der Waals surface area contributed by atoms with E-state index in [2.05, 4.69) is 47.0 Å². The van der Waals surface area contributed by atoms with E-state index in [0.29, 0.717) is 6.04 Å². The highest BCUT2D eigenvalue weighted by Crippen LogP contribution is 2.36. The zero-order chi connectivity index (χ0) is 20.6. The molecule has 0 aliphatic carbocycles. The van der Waals surface area contributed by atoms with Gasteiger partial charge in [-0.2, -0.15) is 4.72 Å². The van der Waals surface area contributed by atoms with Crippen LogP contribution in [0.3, 0.4) is 0 Å². The van der Waals surface area contributed by atoms with Crippen LogP contribution >= 0.6 is 22.6 Å². The molecule has 2 rings (SSSR count). The van der Waals surface area contributed by atoms with Crippen molar-refractivity contribution in [3.05, 3.63) is 0 Å². The van der Waals surface area contributed by atoms with Gasteiger partial charge in [-0.15, -0.1) is 0 Å². The van der Waals surface area contributed by atoms with Gasteiger partial charge < -0.3 is 18.9 Å². The van der Waals surface area contributed by atoms with Crippen molar-refractivity contribution >= 4 is 46.7 Å². The second-order valence-electron chi connectivity index (χ2n) is 8.65. The molecule has 2 aliphatic heterocycles. The predicted octanol–water partition coefficient (Wildman–Crippen LogP) is 1.86. The number of ether oxygens (including phenoxy) is 4. The van der Waals surface area contributed by atoms with Crippen molar-refractivity contribution in [3.63, 3.8) is 0 Å². The molecule has 27 heavy (non-hydrogen) atoms. The van der Waals surface area contributed by atoms with Crippen molar-refractivity contribution in [3.8, 4) is 0 Å². The Balaban J connectivity index is 2.15. The standard InChI is InChI=1S/C16H30INO7SSi/c1-10(19)23-14-12(17)15(18-26(20,21)7-8-27(4,5)6)24-11-9-22-16(2,3)25-13(11)14/h11-15,18H,7-9H2,1-6H3/t11-,12+,13-,14-,15-/m1/s1. The highest BCUT2D eigenvalue weighted by atomic mass is 127. The molecule has 0 saturated carbocycles. The molecule has 2 saturated heterocycles. The lowest BCUT2D eigenvalue weighted by molar-refractivity contribution is -0.343. The number of nitrogens with one attached hydrogen (secondary N) is 1. The lowest BCUT2D eigenvalue weighted by Crippen LogP contribution is -2.66. The van der Waals surface area contributed by atoms with Crippen LogP contribution in [0.4, 0.5) is 0 Å². The predicted molar refractivity (Wildman–Crippen MR) is 112 cm³/mol. The Hall–Kier alpha value is 0.207.